The predicted octanol–water partition coefficient (Wildman–Crippen LogP) is 3.66. The van der Waals surface area contributed by atoms with Crippen LogP contribution in [-0.4, -0.2) is 48.3 Å². The van der Waals surface area contributed by atoms with Gasteiger partial charge >= 0.3 is 0 Å². The van der Waals surface area contributed by atoms with Gasteiger partial charge in [0.05, 0.1) is 10.8 Å². The zero-order chi connectivity index (χ0) is 19.8. The molecule has 2 heterocycles. The zero-order valence-corrected chi connectivity index (χ0v) is 16.6. The highest BCUT2D eigenvalue weighted by atomic mass is 19.1. The molecule has 1 spiro atoms. The van der Waals surface area contributed by atoms with E-state index in [2.05, 4.69) is 6.08 Å². The van der Waals surface area contributed by atoms with Crippen LogP contribution in [0.4, 0.5) is 4.39 Å². The summed E-state index contributed by atoms with van der Waals surface area (Å²) in [5.74, 6) is -0.0722. The number of amides is 2. The first kappa shape index (κ1) is 19.2. The lowest BCUT2D eigenvalue weighted by molar-refractivity contribution is -0.149. The summed E-state index contributed by atoms with van der Waals surface area (Å²) < 4.78 is 13.9. The largest absolute Gasteiger partial charge is 0.341 e. The summed E-state index contributed by atoms with van der Waals surface area (Å²) in [6, 6.07) is 6.54. The molecule has 1 aromatic rings. The number of benzene rings is 1. The van der Waals surface area contributed by atoms with Gasteiger partial charge in [-0.3, -0.25) is 9.59 Å². The summed E-state index contributed by atoms with van der Waals surface area (Å²) in [5, 5.41) is 0. The first-order valence-electron chi connectivity index (χ1n) is 10.4. The van der Waals surface area contributed by atoms with Gasteiger partial charge in [0.1, 0.15) is 5.82 Å². The Hall–Kier alpha value is -2.17. The SMILES string of the molecule is CN1CC=CC[C@]2(CCCN(C(=O)C3(c4cccc(F)c4)CCCC3)C2)C1=O. The minimum Gasteiger partial charge on any atom is -0.341 e. The van der Waals surface area contributed by atoms with Gasteiger partial charge in [-0.25, -0.2) is 4.39 Å². The van der Waals surface area contributed by atoms with Crippen LogP contribution in [0.3, 0.4) is 0 Å². The number of likely N-dealkylation sites (tertiary alicyclic amines) is 1. The molecule has 28 heavy (non-hydrogen) atoms. The van der Waals surface area contributed by atoms with E-state index in [9.17, 15) is 14.0 Å². The van der Waals surface area contributed by atoms with Gasteiger partial charge in [-0.1, -0.05) is 37.1 Å². The van der Waals surface area contributed by atoms with Crippen LogP contribution >= 0.6 is 0 Å². The summed E-state index contributed by atoms with van der Waals surface area (Å²) in [7, 11) is 1.84. The van der Waals surface area contributed by atoms with Crippen molar-refractivity contribution in [1.29, 1.82) is 0 Å². The van der Waals surface area contributed by atoms with E-state index in [4.69, 9.17) is 0 Å². The van der Waals surface area contributed by atoms with Gasteiger partial charge in [0.15, 0.2) is 0 Å². The highest BCUT2D eigenvalue weighted by Crippen LogP contribution is 2.45. The van der Waals surface area contributed by atoms with Crippen molar-refractivity contribution in [3.63, 3.8) is 0 Å². The fourth-order valence-electron chi connectivity index (χ4n) is 5.46. The van der Waals surface area contributed by atoms with E-state index in [0.29, 0.717) is 26.1 Å². The lowest BCUT2D eigenvalue weighted by Crippen LogP contribution is -2.56. The zero-order valence-electron chi connectivity index (χ0n) is 16.6. The topological polar surface area (TPSA) is 40.6 Å². The van der Waals surface area contributed by atoms with E-state index < -0.39 is 10.8 Å². The van der Waals surface area contributed by atoms with Crippen molar-refractivity contribution in [3.05, 3.63) is 47.8 Å². The second-order valence-electron chi connectivity index (χ2n) is 8.77. The fourth-order valence-corrected chi connectivity index (χ4v) is 5.46. The molecule has 150 valence electrons. The number of carbonyl (C=O) groups is 2. The minimum atomic E-state index is -0.643. The number of likely N-dealkylation sites (N-methyl/N-ethyl adjacent to an activating group) is 1. The second kappa shape index (κ2) is 7.34. The van der Waals surface area contributed by atoms with Gasteiger partial charge < -0.3 is 9.80 Å². The van der Waals surface area contributed by atoms with E-state index in [1.165, 1.54) is 12.1 Å². The third-order valence-corrected chi connectivity index (χ3v) is 6.96. The van der Waals surface area contributed by atoms with Gasteiger partial charge in [0.2, 0.25) is 11.8 Å². The van der Waals surface area contributed by atoms with Gasteiger partial charge in [0, 0.05) is 26.7 Å². The second-order valence-corrected chi connectivity index (χ2v) is 8.77. The Bertz CT molecular complexity index is 800. The molecule has 1 saturated heterocycles. The molecule has 2 fully saturated rings. The monoisotopic (exact) mass is 384 g/mol. The molecule has 5 heteroatoms. The molecule has 4 rings (SSSR count). The molecule has 0 aromatic heterocycles. The predicted molar refractivity (Wildman–Crippen MR) is 106 cm³/mol. The quantitative estimate of drug-likeness (QED) is 0.730. The molecule has 1 aromatic carbocycles. The highest BCUT2D eigenvalue weighted by Gasteiger charge is 2.50. The third-order valence-electron chi connectivity index (χ3n) is 6.96. The van der Waals surface area contributed by atoms with Crippen molar-refractivity contribution in [1.82, 2.24) is 9.80 Å². The van der Waals surface area contributed by atoms with E-state index in [0.717, 1.165) is 44.1 Å². The molecule has 0 radical (unpaired) electrons. The maximum Gasteiger partial charge on any atom is 0.233 e. The maximum atomic E-state index is 13.9. The lowest BCUT2D eigenvalue weighted by atomic mass is 9.73. The minimum absolute atomic E-state index is 0.0818. The Morgan fingerprint density at radius 2 is 1.89 bits per heavy atom. The number of piperidine rings is 1. The van der Waals surface area contributed by atoms with Crippen molar-refractivity contribution < 1.29 is 14.0 Å². The maximum absolute atomic E-state index is 13.9. The third kappa shape index (κ3) is 3.15. The Morgan fingerprint density at radius 3 is 2.64 bits per heavy atom. The van der Waals surface area contributed by atoms with Crippen LogP contribution in [0.2, 0.25) is 0 Å². The molecule has 1 saturated carbocycles. The van der Waals surface area contributed by atoms with E-state index >= 15 is 0 Å². The van der Waals surface area contributed by atoms with Gasteiger partial charge in [0.25, 0.3) is 0 Å². The number of hydrogen-bond acceptors (Lipinski definition) is 2. The van der Waals surface area contributed by atoms with Gasteiger partial charge in [-0.15, -0.1) is 0 Å². The molecule has 3 aliphatic rings. The van der Waals surface area contributed by atoms with Crippen molar-refractivity contribution in [2.24, 2.45) is 5.41 Å². The summed E-state index contributed by atoms with van der Waals surface area (Å²) >= 11 is 0. The van der Waals surface area contributed by atoms with Crippen molar-refractivity contribution in [2.45, 2.75) is 50.4 Å². The molecule has 0 N–H and O–H groups in total. The smallest absolute Gasteiger partial charge is 0.233 e. The van der Waals surface area contributed by atoms with Crippen LogP contribution in [0, 0.1) is 11.2 Å². The van der Waals surface area contributed by atoms with E-state index in [1.807, 2.05) is 24.1 Å². The van der Waals surface area contributed by atoms with Crippen LogP contribution in [0.5, 0.6) is 0 Å². The summed E-state index contributed by atoms with van der Waals surface area (Å²) in [5.41, 5.74) is -0.369. The summed E-state index contributed by atoms with van der Waals surface area (Å²) in [6.07, 6.45) is 9.94. The summed E-state index contributed by atoms with van der Waals surface area (Å²) in [6.45, 7) is 1.77. The first-order valence-corrected chi connectivity index (χ1v) is 10.4. The fraction of sp³-hybridized carbons (Fsp3) is 0.565. The lowest BCUT2D eigenvalue weighted by Gasteiger charge is -2.45. The average molecular weight is 384 g/mol. The van der Waals surface area contributed by atoms with Crippen LogP contribution in [-0.2, 0) is 15.0 Å². The molecule has 0 unspecified atom stereocenters. The standard InChI is InChI=1S/C23H29FN2O2/c1-25-14-5-4-10-22(20(25)27)11-7-15-26(17-22)21(28)23(12-2-3-13-23)18-8-6-9-19(24)16-18/h4-6,8-9,16H,2-3,7,10-15,17H2,1H3/t22-/m1/s1. The number of rotatable bonds is 2. The molecular weight excluding hydrogens is 355 g/mol. The van der Waals surface area contributed by atoms with Crippen LogP contribution in [0.25, 0.3) is 0 Å². The van der Waals surface area contributed by atoms with Gasteiger partial charge in [-0.2, -0.15) is 0 Å². The van der Waals surface area contributed by atoms with Gasteiger partial charge in [-0.05, 0) is 49.8 Å². The average Bonchev–Trinajstić information content (AvgIpc) is 3.17. The van der Waals surface area contributed by atoms with Crippen molar-refractivity contribution in [3.8, 4) is 0 Å². The van der Waals surface area contributed by atoms with Crippen LogP contribution in [0.15, 0.2) is 36.4 Å². The van der Waals surface area contributed by atoms with E-state index in [-0.39, 0.29) is 17.6 Å². The molecule has 0 bridgehead atoms. The van der Waals surface area contributed by atoms with E-state index in [1.54, 1.807) is 11.0 Å². The van der Waals surface area contributed by atoms with Crippen LogP contribution in [0.1, 0.15) is 50.5 Å². The molecule has 2 aliphatic heterocycles. The number of allylic oxidation sites excluding steroid dienone is 1. The van der Waals surface area contributed by atoms with Crippen molar-refractivity contribution in [2.75, 3.05) is 26.7 Å². The number of nitrogens with zero attached hydrogens (tertiary/aromatic N) is 2. The normalized spacial score (nSPS) is 27.3. The molecule has 1 atom stereocenters. The highest BCUT2D eigenvalue weighted by molar-refractivity contribution is 5.90. The first-order chi connectivity index (χ1) is 13.5. The summed E-state index contributed by atoms with van der Waals surface area (Å²) in [4.78, 5) is 30.6. The Morgan fingerprint density at radius 1 is 1.11 bits per heavy atom. The number of carbonyl (C=O) groups excluding carboxylic acids is 2. The molecular formula is C23H29FN2O2. The molecule has 4 nitrogen and oxygen atoms in total. The Balaban J connectivity index is 1.65. The number of halogens is 1. The number of hydrogen-bond donors (Lipinski definition) is 0. The molecule has 1 aliphatic carbocycles. The van der Waals surface area contributed by atoms with Crippen molar-refractivity contribution >= 4 is 11.8 Å². The van der Waals surface area contributed by atoms with Crippen LogP contribution < -0.4 is 0 Å². The Labute approximate surface area is 166 Å². The molecule has 2 amide bonds. The Kier molecular flexibility index (Phi) is 5.02.